The first-order valence-electron chi connectivity index (χ1n) is 6.89. The Morgan fingerprint density at radius 1 is 1.05 bits per heavy atom. The van der Waals surface area contributed by atoms with E-state index in [2.05, 4.69) is 5.32 Å². The highest BCUT2D eigenvalue weighted by atomic mass is 16.5. The van der Waals surface area contributed by atoms with Crippen molar-refractivity contribution in [3.63, 3.8) is 0 Å². The molecule has 0 radical (unpaired) electrons. The zero-order valence-corrected chi connectivity index (χ0v) is 12.2. The third-order valence-corrected chi connectivity index (χ3v) is 3.04. The highest BCUT2D eigenvalue weighted by Gasteiger charge is 2.18. The van der Waals surface area contributed by atoms with Crippen LogP contribution in [0.2, 0.25) is 0 Å². The van der Waals surface area contributed by atoms with Crippen LogP contribution in [0.25, 0.3) is 0 Å². The van der Waals surface area contributed by atoms with Crippen molar-refractivity contribution < 1.29 is 14.3 Å². The molecule has 4 heteroatoms. The average Bonchev–Trinajstić information content (AvgIpc) is 2.54. The lowest BCUT2D eigenvalue weighted by Gasteiger charge is -2.17. The summed E-state index contributed by atoms with van der Waals surface area (Å²) in [5.41, 5.74) is 0.718. The Morgan fingerprint density at radius 2 is 1.71 bits per heavy atom. The lowest BCUT2D eigenvalue weighted by atomic mass is 10.2. The summed E-state index contributed by atoms with van der Waals surface area (Å²) < 4.78 is 10.8. The van der Waals surface area contributed by atoms with Crippen molar-refractivity contribution >= 4 is 11.6 Å². The summed E-state index contributed by atoms with van der Waals surface area (Å²) in [6.07, 6.45) is 0.0751. The van der Waals surface area contributed by atoms with Gasteiger partial charge in [-0.1, -0.05) is 25.1 Å². The van der Waals surface area contributed by atoms with Gasteiger partial charge in [-0.05, 0) is 42.8 Å². The monoisotopic (exact) mass is 285 g/mol. The Kier molecular flexibility index (Phi) is 5.21. The van der Waals surface area contributed by atoms with Crippen LogP contribution in [0.5, 0.6) is 11.5 Å². The van der Waals surface area contributed by atoms with Gasteiger partial charge in [0.25, 0.3) is 5.91 Å². The van der Waals surface area contributed by atoms with Crippen molar-refractivity contribution in [2.24, 2.45) is 0 Å². The zero-order chi connectivity index (χ0) is 15.1. The van der Waals surface area contributed by atoms with Crippen molar-refractivity contribution in [1.29, 1.82) is 0 Å². The van der Waals surface area contributed by atoms with E-state index in [0.29, 0.717) is 12.2 Å². The maximum absolute atomic E-state index is 12.2. The number of hydrogen-bond acceptors (Lipinski definition) is 3. The number of benzene rings is 2. The van der Waals surface area contributed by atoms with E-state index in [4.69, 9.17) is 9.47 Å². The highest BCUT2D eigenvalue weighted by Crippen LogP contribution is 2.17. The number of anilines is 1. The molecule has 110 valence electrons. The summed E-state index contributed by atoms with van der Waals surface area (Å²) >= 11 is 0. The molecule has 0 aliphatic rings. The normalized spacial score (nSPS) is 11.5. The summed E-state index contributed by atoms with van der Waals surface area (Å²) in [5.74, 6) is 1.28. The first-order chi connectivity index (χ1) is 10.2. The fourth-order valence-corrected chi connectivity index (χ4v) is 1.88. The number of rotatable bonds is 6. The fraction of sp³-hybridized carbons (Fsp3) is 0.235. The van der Waals surface area contributed by atoms with Gasteiger partial charge in [0.15, 0.2) is 6.10 Å². The summed E-state index contributed by atoms with van der Waals surface area (Å²) in [6, 6.07) is 16.5. The molecule has 0 heterocycles. The van der Waals surface area contributed by atoms with Crippen LogP contribution < -0.4 is 14.8 Å². The van der Waals surface area contributed by atoms with Gasteiger partial charge in [-0.15, -0.1) is 0 Å². The number of hydrogen-bond donors (Lipinski definition) is 1. The van der Waals surface area contributed by atoms with Gasteiger partial charge >= 0.3 is 0 Å². The number of nitrogens with one attached hydrogen (secondary N) is 1. The number of ether oxygens (including phenoxy) is 2. The van der Waals surface area contributed by atoms with Gasteiger partial charge in [-0.25, -0.2) is 0 Å². The van der Waals surface area contributed by atoms with E-state index >= 15 is 0 Å². The maximum Gasteiger partial charge on any atom is 0.265 e. The van der Waals surface area contributed by atoms with Crippen LogP contribution in [0.3, 0.4) is 0 Å². The first-order valence-corrected chi connectivity index (χ1v) is 6.89. The third kappa shape index (κ3) is 4.24. The van der Waals surface area contributed by atoms with Crippen LogP contribution >= 0.6 is 0 Å². The zero-order valence-electron chi connectivity index (χ0n) is 12.2. The standard InChI is InChI=1S/C17H19NO3/c1-3-16(21-15-7-5-4-6-8-15)17(19)18-13-9-11-14(20-2)12-10-13/h4-12,16H,3H2,1-2H3,(H,18,19)/t16-/m1/s1. The third-order valence-electron chi connectivity index (χ3n) is 3.04. The van der Waals surface area contributed by atoms with E-state index in [1.807, 2.05) is 37.3 Å². The average molecular weight is 285 g/mol. The highest BCUT2D eigenvalue weighted by molar-refractivity contribution is 5.94. The second-order valence-corrected chi connectivity index (χ2v) is 4.55. The van der Waals surface area contributed by atoms with Gasteiger partial charge in [0, 0.05) is 5.69 Å². The molecule has 2 rings (SSSR count). The summed E-state index contributed by atoms with van der Waals surface area (Å²) in [5, 5.41) is 2.84. The quantitative estimate of drug-likeness (QED) is 0.883. The van der Waals surface area contributed by atoms with Crippen LogP contribution in [0.1, 0.15) is 13.3 Å². The molecule has 0 bridgehead atoms. The molecule has 2 aromatic carbocycles. The molecule has 0 aliphatic heterocycles. The van der Waals surface area contributed by atoms with Gasteiger partial charge < -0.3 is 14.8 Å². The van der Waals surface area contributed by atoms with Gasteiger partial charge in [0.05, 0.1) is 7.11 Å². The molecule has 0 aliphatic carbocycles. The SMILES string of the molecule is CC[C@@H](Oc1ccccc1)C(=O)Nc1ccc(OC)cc1. The number of carbonyl (C=O) groups excluding carboxylic acids is 1. The van der Waals surface area contributed by atoms with Crippen LogP contribution in [0.15, 0.2) is 54.6 Å². The molecule has 0 fully saturated rings. The van der Waals surface area contributed by atoms with Crippen LogP contribution in [0.4, 0.5) is 5.69 Å². The lowest BCUT2D eigenvalue weighted by Crippen LogP contribution is -2.32. The minimum atomic E-state index is -0.519. The Labute approximate surface area is 124 Å². The van der Waals surface area contributed by atoms with Crippen molar-refractivity contribution in [3.05, 3.63) is 54.6 Å². The Balaban J connectivity index is 1.99. The molecular weight excluding hydrogens is 266 g/mol. The van der Waals surface area contributed by atoms with E-state index in [-0.39, 0.29) is 5.91 Å². The van der Waals surface area contributed by atoms with Crippen molar-refractivity contribution in [3.8, 4) is 11.5 Å². The van der Waals surface area contributed by atoms with Crippen molar-refractivity contribution in [1.82, 2.24) is 0 Å². The molecule has 1 atom stereocenters. The molecule has 1 amide bonds. The van der Waals surface area contributed by atoms with E-state index in [1.165, 1.54) is 0 Å². The molecule has 0 saturated heterocycles. The van der Waals surface area contributed by atoms with E-state index < -0.39 is 6.10 Å². The summed E-state index contributed by atoms with van der Waals surface area (Å²) in [4.78, 5) is 12.2. The minimum Gasteiger partial charge on any atom is -0.497 e. The number of methoxy groups -OCH3 is 1. The van der Waals surface area contributed by atoms with Crippen LogP contribution in [-0.2, 0) is 4.79 Å². The second kappa shape index (κ2) is 7.33. The molecule has 0 saturated carbocycles. The molecule has 21 heavy (non-hydrogen) atoms. The van der Waals surface area contributed by atoms with Crippen molar-refractivity contribution in [2.45, 2.75) is 19.4 Å². The fourth-order valence-electron chi connectivity index (χ4n) is 1.88. The van der Waals surface area contributed by atoms with Gasteiger partial charge in [0.1, 0.15) is 11.5 Å². The Bertz CT molecular complexity index is 566. The lowest BCUT2D eigenvalue weighted by molar-refractivity contribution is -0.122. The maximum atomic E-state index is 12.2. The van der Waals surface area contributed by atoms with Gasteiger partial charge in [-0.3, -0.25) is 4.79 Å². The predicted octanol–water partition coefficient (Wildman–Crippen LogP) is 3.49. The van der Waals surface area contributed by atoms with Gasteiger partial charge in [-0.2, -0.15) is 0 Å². The van der Waals surface area contributed by atoms with Crippen LogP contribution in [0, 0.1) is 0 Å². The summed E-state index contributed by atoms with van der Waals surface area (Å²) in [6.45, 7) is 1.92. The van der Waals surface area contributed by atoms with Gasteiger partial charge in [0.2, 0.25) is 0 Å². The smallest absolute Gasteiger partial charge is 0.265 e. The number of carbonyl (C=O) groups is 1. The molecule has 1 N–H and O–H groups in total. The van der Waals surface area contributed by atoms with E-state index in [0.717, 1.165) is 11.4 Å². The Morgan fingerprint density at radius 3 is 2.29 bits per heavy atom. The summed E-state index contributed by atoms with van der Waals surface area (Å²) in [7, 11) is 1.61. The van der Waals surface area contributed by atoms with Crippen LogP contribution in [-0.4, -0.2) is 19.1 Å². The largest absolute Gasteiger partial charge is 0.497 e. The molecule has 4 nitrogen and oxygen atoms in total. The molecular formula is C17H19NO3. The Hall–Kier alpha value is -2.49. The minimum absolute atomic E-state index is 0.161. The van der Waals surface area contributed by atoms with E-state index in [1.54, 1.807) is 31.4 Å². The predicted molar refractivity (Wildman–Crippen MR) is 82.8 cm³/mol. The first kappa shape index (κ1) is 14.9. The molecule has 0 spiro atoms. The van der Waals surface area contributed by atoms with E-state index in [9.17, 15) is 4.79 Å². The second-order valence-electron chi connectivity index (χ2n) is 4.55. The number of para-hydroxylation sites is 1. The van der Waals surface area contributed by atoms with Crippen molar-refractivity contribution in [2.75, 3.05) is 12.4 Å². The molecule has 0 unspecified atom stereocenters. The number of amides is 1. The molecule has 0 aromatic heterocycles. The molecule has 2 aromatic rings. The topological polar surface area (TPSA) is 47.6 Å².